The molecule has 0 heterocycles. The average molecular weight is 256 g/mol. The highest BCUT2D eigenvalue weighted by atomic mass is 31.2. The standard InChI is InChI=1S/C9H22FO3PSi/c1-5-12-14(11,13-6-2)8-7-9-15(3,4)10/h5-9H2,1-4H3. The molecule has 0 aromatic rings. The van der Waals surface area contributed by atoms with Crippen LogP contribution in [0.2, 0.25) is 19.1 Å². The molecule has 0 aliphatic rings. The summed E-state index contributed by atoms with van der Waals surface area (Å²) in [6, 6.07) is 0.511. The maximum Gasteiger partial charge on any atom is 0.330 e. The second-order valence-electron chi connectivity index (χ2n) is 3.99. The molecule has 0 fully saturated rings. The molecular weight excluding hydrogens is 234 g/mol. The Morgan fingerprint density at radius 3 is 2.00 bits per heavy atom. The normalized spacial score (nSPS) is 13.1. The Kier molecular flexibility index (Phi) is 6.92. The summed E-state index contributed by atoms with van der Waals surface area (Å²) in [6.45, 7) is 7.60. The number of halogens is 1. The van der Waals surface area contributed by atoms with Crippen molar-refractivity contribution in [1.29, 1.82) is 0 Å². The van der Waals surface area contributed by atoms with Crippen LogP contribution in [0, 0.1) is 0 Å². The summed E-state index contributed by atoms with van der Waals surface area (Å²) in [6.07, 6.45) is 0.905. The Morgan fingerprint density at radius 2 is 1.67 bits per heavy atom. The van der Waals surface area contributed by atoms with Gasteiger partial charge in [-0.05, 0) is 39.4 Å². The molecule has 0 aromatic heterocycles. The smallest absolute Gasteiger partial charge is 0.314 e. The molecule has 0 aliphatic carbocycles. The minimum atomic E-state index is -2.95. The van der Waals surface area contributed by atoms with E-state index in [0.717, 1.165) is 0 Å². The fourth-order valence-corrected chi connectivity index (χ4v) is 4.23. The zero-order chi connectivity index (χ0) is 11.9. The van der Waals surface area contributed by atoms with Crippen LogP contribution in [0.3, 0.4) is 0 Å². The third-order valence-electron chi connectivity index (χ3n) is 1.85. The maximum atomic E-state index is 13.3. The van der Waals surface area contributed by atoms with Crippen LogP contribution in [0.1, 0.15) is 20.3 Å². The van der Waals surface area contributed by atoms with Crippen molar-refractivity contribution in [3.63, 3.8) is 0 Å². The first kappa shape index (κ1) is 15.3. The van der Waals surface area contributed by atoms with Gasteiger partial charge in [-0.2, -0.15) is 0 Å². The van der Waals surface area contributed by atoms with Gasteiger partial charge in [0.15, 0.2) is 0 Å². The van der Waals surface area contributed by atoms with Gasteiger partial charge >= 0.3 is 7.60 Å². The number of hydrogen-bond acceptors (Lipinski definition) is 3. The van der Waals surface area contributed by atoms with Gasteiger partial charge in [0.05, 0.1) is 13.2 Å². The Bertz CT molecular complexity index is 208. The first-order chi connectivity index (χ1) is 6.83. The lowest BCUT2D eigenvalue weighted by molar-refractivity contribution is 0.220. The zero-order valence-electron chi connectivity index (χ0n) is 10.1. The fraction of sp³-hybridized carbons (Fsp3) is 1.00. The van der Waals surface area contributed by atoms with Gasteiger partial charge in [0.25, 0.3) is 0 Å². The van der Waals surface area contributed by atoms with Gasteiger partial charge in [0.2, 0.25) is 8.41 Å². The minimum Gasteiger partial charge on any atom is -0.314 e. The summed E-state index contributed by atoms with van der Waals surface area (Å²) in [5.74, 6) is 0. The molecule has 0 saturated heterocycles. The molecular formula is C9H22FO3PSi. The van der Waals surface area contributed by atoms with Crippen molar-refractivity contribution in [3.05, 3.63) is 0 Å². The van der Waals surface area contributed by atoms with E-state index in [9.17, 15) is 8.67 Å². The molecule has 3 nitrogen and oxygen atoms in total. The van der Waals surface area contributed by atoms with E-state index in [1.54, 1.807) is 26.9 Å². The molecule has 0 spiro atoms. The summed E-state index contributed by atoms with van der Waals surface area (Å²) < 4.78 is 35.5. The summed E-state index contributed by atoms with van der Waals surface area (Å²) in [5, 5.41) is 0. The molecule has 0 bridgehead atoms. The van der Waals surface area contributed by atoms with E-state index in [0.29, 0.717) is 31.8 Å². The van der Waals surface area contributed by atoms with Crippen molar-refractivity contribution in [3.8, 4) is 0 Å². The minimum absolute atomic E-state index is 0.328. The lowest BCUT2D eigenvalue weighted by Crippen LogP contribution is -2.18. The topological polar surface area (TPSA) is 35.5 Å². The molecule has 0 N–H and O–H groups in total. The first-order valence-corrected chi connectivity index (χ1v) is 10.2. The molecule has 6 heteroatoms. The predicted octanol–water partition coefficient (Wildman–Crippen LogP) is 3.82. The van der Waals surface area contributed by atoms with Gasteiger partial charge in [0.1, 0.15) is 0 Å². The van der Waals surface area contributed by atoms with Crippen LogP contribution >= 0.6 is 7.60 Å². The molecule has 0 atom stereocenters. The lowest BCUT2D eigenvalue weighted by atomic mass is 10.6. The fourth-order valence-electron chi connectivity index (χ4n) is 1.25. The Labute approximate surface area is 93.1 Å². The van der Waals surface area contributed by atoms with Gasteiger partial charge in [-0.25, -0.2) is 0 Å². The second-order valence-corrected chi connectivity index (χ2v) is 10.1. The van der Waals surface area contributed by atoms with E-state index in [4.69, 9.17) is 9.05 Å². The number of hydrogen-bond donors (Lipinski definition) is 0. The van der Waals surface area contributed by atoms with Gasteiger partial charge in [0, 0.05) is 6.16 Å². The molecule has 15 heavy (non-hydrogen) atoms. The van der Waals surface area contributed by atoms with Crippen molar-refractivity contribution in [2.24, 2.45) is 0 Å². The molecule has 0 amide bonds. The molecule has 0 saturated carbocycles. The van der Waals surface area contributed by atoms with Gasteiger partial charge in [-0.3, -0.25) is 4.57 Å². The van der Waals surface area contributed by atoms with E-state index in [1.807, 2.05) is 0 Å². The highest BCUT2D eigenvalue weighted by Gasteiger charge is 2.26. The van der Waals surface area contributed by atoms with Crippen LogP contribution in [0.5, 0.6) is 0 Å². The molecule has 92 valence electrons. The van der Waals surface area contributed by atoms with Crippen LogP contribution in [0.25, 0.3) is 0 Å². The quantitative estimate of drug-likeness (QED) is 0.376. The highest BCUT2D eigenvalue weighted by molar-refractivity contribution is 7.53. The molecule has 0 rings (SSSR count). The van der Waals surface area contributed by atoms with Crippen molar-refractivity contribution in [2.75, 3.05) is 19.4 Å². The molecule has 0 unspecified atom stereocenters. The van der Waals surface area contributed by atoms with Gasteiger partial charge < -0.3 is 13.2 Å². The van der Waals surface area contributed by atoms with Crippen molar-refractivity contribution in [1.82, 2.24) is 0 Å². The van der Waals surface area contributed by atoms with Crippen molar-refractivity contribution in [2.45, 2.75) is 39.4 Å². The SMILES string of the molecule is CCOP(=O)(CCC[Si](C)(C)F)OCC. The van der Waals surface area contributed by atoms with E-state index < -0.39 is 16.0 Å². The Hall–Kier alpha value is 0.297. The molecule has 0 aromatic carbocycles. The third-order valence-corrected chi connectivity index (χ3v) is 5.56. The summed E-state index contributed by atoms with van der Waals surface area (Å²) in [7, 11) is -5.48. The van der Waals surface area contributed by atoms with Crippen molar-refractivity contribution < 1.29 is 17.7 Å². The maximum absolute atomic E-state index is 13.3. The summed E-state index contributed by atoms with van der Waals surface area (Å²) in [4.78, 5) is 0. The second kappa shape index (κ2) is 6.79. The zero-order valence-corrected chi connectivity index (χ0v) is 12.0. The lowest BCUT2D eigenvalue weighted by Gasteiger charge is -2.18. The Balaban J connectivity index is 4.02. The van der Waals surface area contributed by atoms with E-state index >= 15 is 0 Å². The largest absolute Gasteiger partial charge is 0.330 e. The van der Waals surface area contributed by atoms with Crippen molar-refractivity contribution >= 4 is 16.0 Å². The van der Waals surface area contributed by atoms with Crippen LogP contribution < -0.4 is 0 Å². The van der Waals surface area contributed by atoms with Crippen LogP contribution in [-0.2, 0) is 13.6 Å². The summed E-state index contributed by atoms with van der Waals surface area (Å²) >= 11 is 0. The Morgan fingerprint density at radius 1 is 1.20 bits per heavy atom. The van der Waals surface area contributed by atoms with Gasteiger partial charge in [-0.15, -0.1) is 0 Å². The first-order valence-electron chi connectivity index (χ1n) is 5.40. The highest BCUT2D eigenvalue weighted by Crippen LogP contribution is 2.49. The average Bonchev–Trinajstić information content (AvgIpc) is 2.01. The monoisotopic (exact) mass is 256 g/mol. The van der Waals surface area contributed by atoms with Crippen LogP contribution in [0.4, 0.5) is 4.11 Å². The third kappa shape index (κ3) is 8.14. The number of rotatable bonds is 8. The summed E-state index contributed by atoms with van der Waals surface area (Å²) in [5.41, 5.74) is 0. The van der Waals surface area contributed by atoms with E-state index in [-0.39, 0.29) is 0 Å². The van der Waals surface area contributed by atoms with E-state index in [2.05, 4.69) is 0 Å². The van der Waals surface area contributed by atoms with Gasteiger partial charge in [-0.1, -0.05) is 0 Å². The van der Waals surface area contributed by atoms with Crippen LogP contribution in [-0.4, -0.2) is 27.8 Å². The predicted molar refractivity (Wildman–Crippen MR) is 63.7 cm³/mol. The van der Waals surface area contributed by atoms with Crippen LogP contribution in [0.15, 0.2) is 0 Å². The van der Waals surface area contributed by atoms with E-state index in [1.165, 1.54) is 0 Å². The molecule has 0 radical (unpaired) electrons. The molecule has 0 aliphatic heterocycles.